The van der Waals surface area contributed by atoms with E-state index in [1.807, 2.05) is 0 Å². The van der Waals surface area contributed by atoms with Gasteiger partial charge in [0.2, 0.25) is 0 Å². The minimum absolute atomic E-state index is 0. The number of aliphatic carboxylic acids is 1. The molecule has 1 N–H and O–H groups in total. The van der Waals surface area contributed by atoms with E-state index < -0.39 is 11.9 Å². The zero-order chi connectivity index (χ0) is 7.28. The molecule has 4 nitrogen and oxygen atoms in total. The molecule has 0 amide bonds. The van der Waals surface area contributed by atoms with Crippen LogP contribution in [0.15, 0.2) is 0 Å². The number of carboxylic acid groups (broad SMARTS) is 1. The number of carbonyl (C=O) groups excluding carboxylic acids is 1. The van der Waals surface area contributed by atoms with Crippen molar-refractivity contribution >= 4 is 54.4 Å². The predicted octanol–water partition coefficient (Wildman–Crippen LogP) is -0.409. The van der Waals surface area contributed by atoms with Crippen molar-refractivity contribution in [3.05, 3.63) is 0 Å². The van der Waals surface area contributed by atoms with Crippen LogP contribution in [0.1, 0.15) is 12.8 Å². The quantitative estimate of drug-likeness (QED) is 0.347. The van der Waals surface area contributed by atoms with Crippen LogP contribution >= 0.6 is 12.9 Å². The van der Waals surface area contributed by atoms with Crippen molar-refractivity contribution in [1.82, 2.24) is 0 Å². The van der Waals surface area contributed by atoms with Crippen LogP contribution in [0.3, 0.4) is 0 Å². The molecule has 0 radical (unpaired) electrons. The van der Waals surface area contributed by atoms with Gasteiger partial charge in [0.15, 0.2) is 0 Å². The average Bonchev–Trinajstić information content (AvgIpc) is 1.83. The van der Waals surface area contributed by atoms with Gasteiger partial charge in [-0.05, 0) is 0 Å². The zero-order valence-electron chi connectivity index (χ0n) is 4.53. The third-order valence-corrected chi connectivity index (χ3v) is 0.848. The van der Waals surface area contributed by atoms with Crippen LogP contribution in [-0.2, 0) is 13.8 Å². The number of hydrogen-bond acceptors (Lipinski definition) is 4. The van der Waals surface area contributed by atoms with E-state index in [1.165, 1.54) is 0 Å². The van der Waals surface area contributed by atoms with Crippen LogP contribution in [0.4, 0.5) is 0 Å². The first-order chi connectivity index (χ1) is 4.16. The maximum absolute atomic E-state index is 10.2. The summed E-state index contributed by atoms with van der Waals surface area (Å²) in [6, 6.07) is 0. The number of thiol groups is 1. The second kappa shape index (κ2) is 7.40. The Hall–Kier alpha value is 0.290. The molecule has 6 heteroatoms. The van der Waals surface area contributed by atoms with Crippen molar-refractivity contribution in [2.24, 2.45) is 0 Å². The molecule has 0 atom stereocenters. The Morgan fingerprint density at radius 2 is 1.90 bits per heavy atom. The van der Waals surface area contributed by atoms with Crippen molar-refractivity contribution in [1.29, 1.82) is 0 Å². The molecule has 0 fully saturated rings. The molecule has 0 aliphatic rings. The summed E-state index contributed by atoms with van der Waals surface area (Å²) >= 11 is 3.18. The normalized spacial score (nSPS) is 7.70. The molecule has 0 bridgehead atoms. The van der Waals surface area contributed by atoms with E-state index in [4.69, 9.17) is 5.11 Å². The molecule has 0 rings (SSSR count). The molecule has 0 saturated carbocycles. The molecule has 0 aliphatic carbocycles. The fraction of sp³-hybridized carbons (Fsp3) is 0.500. The summed E-state index contributed by atoms with van der Waals surface area (Å²) in [6.45, 7) is 0. The molecule has 0 unspecified atom stereocenters. The second-order valence-electron chi connectivity index (χ2n) is 1.36. The number of hydrogen-bond donors (Lipinski definition) is 2. The molecule has 0 heterocycles. The Kier molecular flexibility index (Phi) is 9.56. The predicted molar refractivity (Wildman–Crippen MR) is 39.1 cm³/mol. The summed E-state index contributed by atoms with van der Waals surface area (Å²) in [5.41, 5.74) is 0. The summed E-state index contributed by atoms with van der Waals surface area (Å²) in [5, 5.41) is 8.03. The van der Waals surface area contributed by atoms with Crippen molar-refractivity contribution in [2.75, 3.05) is 0 Å². The molecule has 0 saturated heterocycles. The molecular weight excluding hydrogens is 167 g/mol. The van der Waals surface area contributed by atoms with Crippen LogP contribution in [-0.4, -0.2) is 46.6 Å². The van der Waals surface area contributed by atoms with Crippen LogP contribution in [0.25, 0.3) is 0 Å². The fourth-order valence-electron chi connectivity index (χ4n) is 0.255. The molecule has 54 valence electrons. The van der Waals surface area contributed by atoms with Crippen LogP contribution in [0.2, 0.25) is 0 Å². The summed E-state index contributed by atoms with van der Waals surface area (Å²) in [7, 11) is 0. The van der Waals surface area contributed by atoms with E-state index in [2.05, 4.69) is 17.1 Å². The second-order valence-corrected chi connectivity index (χ2v) is 1.54. The van der Waals surface area contributed by atoms with E-state index in [0.29, 0.717) is 0 Å². The van der Waals surface area contributed by atoms with E-state index in [0.717, 1.165) is 0 Å². The van der Waals surface area contributed by atoms with Gasteiger partial charge in [0.05, 0.1) is 12.8 Å². The van der Waals surface area contributed by atoms with Crippen LogP contribution in [0.5, 0.6) is 0 Å². The Bertz CT molecular complexity index is 126. The summed E-state index contributed by atoms with van der Waals surface area (Å²) < 4.78 is 3.89. The standard InChI is InChI=1S/C4H6O4S.Na.H/c5-3(6)1-2-4(7)8-9;;/h9H,1-2H2,(H,5,6);;. The topological polar surface area (TPSA) is 63.6 Å². The Balaban J connectivity index is 0. The Labute approximate surface area is 85.8 Å². The van der Waals surface area contributed by atoms with Gasteiger partial charge in [-0.2, -0.15) is 0 Å². The third-order valence-electron chi connectivity index (χ3n) is 0.645. The molecule has 0 aromatic carbocycles. The molecule has 0 aromatic rings. The monoisotopic (exact) mass is 174 g/mol. The van der Waals surface area contributed by atoms with Crippen molar-refractivity contribution in [3.8, 4) is 0 Å². The van der Waals surface area contributed by atoms with Crippen LogP contribution < -0.4 is 0 Å². The average molecular weight is 174 g/mol. The van der Waals surface area contributed by atoms with Gasteiger partial charge in [-0.25, -0.2) is 0 Å². The van der Waals surface area contributed by atoms with Crippen molar-refractivity contribution < 1.29 is 18.9 Å². The SMILES string of the molecule is O=C(O)CCC(=O)OS.[NaH]. The van der Waals surface area contributed by atoms with Gasteiger partial charge >= 0.3 is 41.5 Å². The summed E-state index contributed by atoms with van der Waals surface area (Å²) in [5.74, 6) is -1.64. The Morgan fingerprint density at radius 3 is 2.20 bits per heavy atom. The summed E-state index contributed by atoms with van der Waals surface area (Å²) in [6.07, 6.45) is -0.335. The van der Waals surface area contributed by atoms with E-state index in [1.54, 1.807) is 0 Å². The molecule has 0 spiro atoms. The van der Waals surface area contributed by atoms with Gasteiger partial charge in [-0.15, -0.1) is 0 Å². The Morgan fingerprint density at radius 1 is 1.40 bits per heavy atom. The van der Waals surface area contributed by atoms with E-state index in [9.17, 15) is 9.59 Å². The third kappa shape index (κ3) is 8.29. The fourth-order valence-corrected chi connectivity index (χ4v) is 0.346. The molecular formula is C4H7NaO4S. The van der Waals surface area contributed by atoms with Gasteiger partial charge in [0, 0.05) is 12.9 Å². The van der Waals surface area contributed by atoms with Gasteiger partial charge in [-0.1, -0.05) is 0 Å². The van der Waals surface area contributed by atoms with Crippen molar-refractivity contribution in [3.63, 3.8) is 0 Å². The van der Waals surface area contributed by atoms with E-state index >= 15 is 0 Å². The maximum atomic E-state index is 10.2. The molecule has 0 aliphatic heterocycles. The first-order valence-corrected chi connectivity index (χ1v) is 2.59. The molecule has 10 heavy (non-hydrogen) atoms. The van der Waals surface area contributed by atoms with Gasteiger partial charge in [0.1, 0.15) is 0 Å². The number of carboxylic acids is 1. The van der Waals surface area contributed by atoms with E-state index in [-0.39, 0.29) is 42.4 Å². The first kappa shape index (κ1) is 12.9. The number of carbonyl (C=O) groups is 2. The zero-order valence-corrected chi connectivity index (χ0v) is 5.43. The van der Waals surface area contributed by atoms with Crippen molar-refractivity contribution in [2.45, 2.75) is 12.8 Å². The minimum atomic E-state index is -1.02. The summed E-state index contributed by atoms with van der Waals surface area (Å²) in [4.78, 5) is 19.9. The number of rotatable bonds is 3. The van der Waals surface area contributed by atoms with Gasteiger partial charge in [-0.3, -0.25) is 9.59 Å². The molecule has 0 aromatic heterocycles. The van der Waals surface area contributed by atoms with Gasteiger partial charge in [0.25, 0.3) is 0 Å². The van der Waals surface area contributed by atoms with Gasteiger partial charge < -0.3 is 9.29 Å². The van der Waals surface area contributed by atoms with Crippen LogP contribution in [0, 0.1) is 0 Å². The first-order valence-electron chi connectivity index (χ1n) is 2.23.